The predicted molar refractivity (Wildman–Crippen MR) is 128 cm³/mol. The summed E-state index contributed by atoms with van der Waals surface area (Å²) < 4.78 is 25.1. The van der Waals surface area contributed by atoms with E-state index in [-0.39, 0.29) is 30.9 Å². The summed E-state index contributed by atoms with van der Waals surface area (Å²) in [4.78, 5) is 18.6. The zero-order chi connectivity index (χ0) is 23.6. The maximum atomic E-state index is 14.1. The lowest BCUT2D eigenvalue weighted by atomic mass is 10.0. The Labute approximate surface area is 199 Å². The number of para-hydroxylation sites is 1. The molecule has 8 heteroatoms. The number of rotatable bonds is 13. The Morgan fingerprint density at radius 2 is 2.18 bits per heavy atom. The van der Waals surface area contributed by atoms with Gasteiger partial charge in [0.05, 0.1) is 18.7 Å². The molecule has 2 heterocycles. The van der Waals surface area contributed by atoms with Crippen molar-refractivity contribution in [3.63, 3.8) is 0 Å². The molecule has 1 N–H and O–H groups in total. The lowest BCUT2D eigenvalue weighted by molar-refractivity contribution is -0.136. The largest absolute Gasteiger partial charge is 0.488 e. The Balaban J connectivity index is 1.71. The van der Waals surface area contributed by atoms with Crippen molar-refractivity contribution in [3.05, 3.63) is 52.0 Å². The average Bonchev–Trinajstić information content (AvgIpc) is 3.27. The molecule has 1 amide bonds. The highest BCUT2D eigenvalue weighted by atomic mass is 32.1. The SMILES string of the molecule is CCC[C@H](O)CN(CCCOC)CC(=O)N1CCc2sccc2[C@@H]1COc1ccccc1F. The lowest BCUT2D eigenvalue weighted by Gasteiger charge is -2.37. The molecule has 6 nitrogen and oxygen atoms in total. The summed E-state index contributed by atoms with van der Waals surface area (Å²) in [6, 6.07) is 8.10. The van der Waals surface area contributed by atoms with E-state index in [2.05, 4.69) is 0 Å². The quantitative estimate of drug-likeness (QED) is 0.443. The van der Waals surface area contributed by atoms with Crippen LogP contribution in [0.4, 0.5) is 4.39 Å². The van der Waals surface area contributed by atoms with Crippen LogP contribution >= 0.6 is 11.3 Å². The van der Waals surface area contributed by atoms with Gasteiger partial charge in [-0.1, -0.05) is 25.5 Å². The highest BCUT2D eigenvalue weighted by Crippen LogP contribution is 2.34. The number of hydrogen-bond acceptors (Lipinski definition) is 6. The third-order valence-corrected chi connectivity index (χ3v) is 6.92. The Bertz CT molecular complexity index is 878. The first kappa shape index (κ1) is 25.6. The molecule has 0 aliphatic carbocycles. The zero-order valence-electron chi connectivity index (χ0n) is 19.5. The lowest BCUT2D eigenvalue weighted by Crippen LogP contribution is -2.48. The van der Waals surface area contributed by atoms with Crippen LogP contribution in [0.25, 0.3) is 0 Å². The average molecular weight is 479 g/mol. The Hall–Kier alpha value is -2.00. The van der Waals surface area contributed by atoms with E-state index in [0.717, 1.165) is 24.8 Å². The number of aliphatic hydroxyl groups excluding tert-OH is 1. The second-order valence-electron chi connectivity index (χ2n) is 8.42. The molecule has 0 spiro atoms. The van der Waals surface area contributed by atoms with Gasteiger partial charge >= 0.3 is 0 Å². The zero-order valence-corrected chi connectivity index (χ0v) is 20.4. The molecule has 1 aliphatic rings. The van der Waals surface area contributed by atoms with Crippen molar-refractivity contribution in [1.82, 2.24) is 9.80 Å². The van der Waals surface area contributed by atoms with E-state index in [4.69, 9.17) is 9.47 Å². The molecule has 2 aromatic rings. The minimum absolute atomic E-state index is 0.00454. The number of amides is 1. The van der Waals surface area contributed by atoms with E-state index in [0.29, 0.717) is 32.7 Å². The van der Waals surface area contributed by atoms with Crippen LogP contribution in [0.15, 0.2) is 35.7 Å². The highest BCUT2D eigenvalue weighted by Gasteiger charge is 2.33. The fourth-order valence-electron chi connectivity index (χ4n) is 4.28. The monoisotopic (exact) mass is 478 g/mol. The first-order valence-corrected chi connectivity index (χ1v) is 12.5. The Morgan fingerprint density at radius 3 is 2.94 bits per heavy atom. The normalized spacial score (nSPS) is 16.6. The third kappa shape index (κ3) is 7.24. The summed E-state index contributed by atoms with van der Waals surface area (Å²) in [6.07, 6.45) is 2.73. The molecule has 0 radical (unpaired) electrons. The van der Waals surface area contributed by atoms with Gasteiger partial charge in [0.15, 0.2) is 11.6 Å². The van der Waals surface area contributed by atoms with Gasteiger partial charge < -0.3 is 19.5 Å². The highest BCUT2D eigenvalue weighted by molar-refractivity contribution is 7.10. The van der Waals surface area contributed by atoms with Gasteiger partial charge in [0, 0.05) is 38.2 Å². The number of ether oxygens (including phenoxy) is 2. The fourth-order valence-corrected chi connectivity index (χ4v) is 5.21. The van der Waals surface area contributed by atoms with Crippen molar-refractivity contribution >= 4 is 17.2 Å². The van der Waals surface area contributed by atoms with E-state index in [1.807, 2.05) is 28.2 Å². The molecule has 2 atom stereocenters. The predicted octanol–water partition coefficient (Wildman–Crippen LogP) is 3.89. The third-order valence-electron chi connectivity index (χ3n) is 5.92. The molecule has 0 saturated heterocycles. The molecule has 3 rings (SSSR count). The molecule has 1 aromatic carbocycles. The molecule has 0 fully saturated rings. The van der Waals surface area contributed by atoms with Crippen LogP contribution in [-0.4, -0.2) is 73.4 Å². The summed E-state index contributed by atoms with van der Waals surface area (Å²) in [7, 11) is 1.66. The number of aliphatic hydroxyl groups is 1. The van der Waals surface area contributed by atoms with Gasteiger partial charge in [0.25, 0.3) is 0 Å². The van der Waals surface area contributed by atoms with E-state index >= 15 is 0 Å². The molecule has 182 valence electrons. The molecular weight excluding hydrogens is 443 g/mol. The van der Waals surface area contributed by atoms with E-state index in [1.165, 1.54) is 10.9 Å². The maximum absolute atomic E-state index is 14.1. The van der Waals surface area contributed by atoms with Crippen LogP contribution in [0.1, 0.15) is 42.7 Å². The second-order valence-corrected chi connectivity index (χ2v) is 9.42. The number of fused-ring (bicyclic) bond motifs is 1. The van der Waals surface area contributed by atoms with Gasteiger partial charge in [-0.2, -0.15) is 0 Å². The van der Waals surface area contributed by atoms with Crippen LogP contribution in [-0.2, 0) is 16.0 Å². The molecular formula is C25H35FN2O4S. The summed E-state index contributed by atoms with van der Waals surface area (Å²) in [5.41, 5.74) is 1.08. The molecule has 1 aliphatic heterocycles. The van der Waals surface area contributed by atoms with Gasteiger partial charge in [-0.25, -0.2) is 4.39 Å². The first-order valence-electron chi connectivity index (χ1n) is 11.7. The van der Waals surface area contributed by atoms with Crippen molar-refractivity contribution in [2.45, 2.75) is 44.8 Å². The number of hydrogen-bond donors (Lipinski definition) is 1. The molecule has 0 saturated carbocycles. The van der Waals surface area contributed by atoms with Crippen LogP contribution in [0, 0.1) is 5.82 Å². The summed E-state index contributed by atoms with van der Waals surface area (Å²) in [6.45, 7) is 4.79. The number of carbonyl (C=O) groups excluding carboxylic acids is 1. The summed E-state index contributed by atoms with van der Waals surface area (Å²) in [5, 5.41) is 12.4. The summed E-state index contributed by atoms with van der Waals surface area (Å²) >= 11 is 1.68. The van der Waals surface area contributed by atoms with Crippen molar-refractivity contribution < 1.29 is 23.8 Å². The van der Waals surface area contributed by atoms with Gasteiger partial charge in [-0.3, -0.25) is 9.69 Å². The number of thiophene rings is 1. The standard InChI is InChI=1S/C25H35FN2O4S/c1-3-7-19(29)16-27(12-6-14-31-2)17-25(30)28-13-10-24-20(11-15-33-24)22(28)18-32-23-9-5-4-8-21(23)26/h4-5,8-9,11,15,19,22,29H,3,6-7,10,12-14,16-18H2,1-2H3/t19-,22-/m0/s1. The van der Waals surface area contributed by atoms with Gasteiger partial charge in [0.2, 0.25) is 5.91 Å². The Kier molecular flexibility index (Phi) is 10.1. The molecule has 0 unspecified atom stereocenters. The molecule has 0 bridgehead atoms. The van der Waals surface area contributed by atoms with Crippen molar-refractivity contribution in [2.75, 3.05) is 46.5 Å². The van der Waals surface area contributed by atoms with E-state index in [9.17, 15) is 14.3 Å². The fraction of sp³-hybridized carbons (Fsp3) is 0.560. The smallest absolute Gasteiger partial charge is 0.237 e. The topological polar surface area (TPSA) is 62.2 Å². The molecule has 1 aromatic heterocycles. The van der Waals surface area contributed by atoms with Crippen molar-refractivity contribution in [1.29, 1.82) is 0 Å². The number of benzene rings is 1. The van der Waals surface area contributed by atoms with Crippen LogP contribution < -0.4 is 4.74 Å². The van der Waals surface area contributed by atoms with E-state index in [1.54, 1.807) is 36.6 Å². The first-order chi connectivity index (χ1) is 16.0. The number of methoxy groups -OCH3 is 1. The van der Waals surface area contributed by atoms with Gasteiger partial charge in [-0.05, 0) is 48.4 Å². The van der Waals surface area contributed by atoms with Gasteiger partial charge in [-0.15, -0.1) is 11.3 Å². The summed E-state index contributed by atoms with van der Waals surface area (Å²) in [5.74, 6) is -0.225. The maximum Gasteiger partial charge on any atom is 0.237 e. The number of nitrogens with zero attached hydrogens (tertiary/aromatic N) is 2. The van der Waals surface area contributed by atoms with Gasteiger partial charge in [0.1, 0.15) is 6.61 Å². The minimum Gasteiger partial charge on any atom is -0.488 e. The van der Waals surface area contributed by atoms with Crippen LogP contribution in [0.3, 0.4) is 0 Å². The number of halogens is 1. The minimum atomic E-state index is -0.463. The van der Waals surface area contributed by atoms with Crippen molar-refractivity contribution in [2.24, 2.45) is 0 Å². The van der Waals surface area contributed by atoms with Crippen LogP contribution in [0.5, 0.6) is 5.75 Å². The molecule has 33 heavy (non-hydrogen) atoms. The number of carbonyl (C=O) groups is 1. The van der Waals surface area contributed by atoms with E-state index < -0.39 is 11.9 Å². The second kappa shape index (κ2) is 13.0. The van der Waals surface area contributed by atoms with Crippen molar-refractivity contribution in [3.8, 4) is 5.75 Å². The van der Waals surface area contributed by atoms with Crippen LogP contribution in [0.2, 0.25) is 0 Å². The Morgan fingerprint density at radius 1 is 1.36 bits per heavy atom.